The number of hydrogen-bond acceptors (Lipinski definition) is 4. The number of likely N-dealkylation sites (tertiary alicyclic amines) is 1. The first-order valence-electron chi connectivity index (χ1n) is 6.94. The Bertz CT molecular complexity index is 521. The van der Waals surface area contributed by atoms with E-state index in [0.717, 1.165) is 29.4 Å². The number of methoxy groups -OCH3 is 2. The molecule has 21 heavy (non-hydrogen) atoms. The molecular weight excluding hydrogens is 338 g/mol. The van der Waals surface area contributed by atoms with Gasteiger partial charge in [0.25, 0.3) is 0 Å². The van der Waals surface area contributed by atoms with E-state index in [1.165, 1.54) is 0 Å². The van der Waals surface area contributed by atoms with E-state index in [9.17, 15) is 9.90 Å². The zero-order valence-corrected chi connectivity index (χ0v) is 13.9. The summed E-state index contributed by atoms with van der Waals surface area (Å²) in [4.78, 5) is 13.4. The molecule has 1 heterocycles. The van der Waals surface area contributed by atoms with Gasteiger partial charge in [-0.1, -0.05) is 6.42 Å². The number of carboxylic acid groups (broad SMARTS) is 1. The lowest BCUT2D eigenvalue weighted by atomic mass is 10.0. The normalized spacial score (nSPS) is 19.3. The highest BCUT2D eigenvalue weighted by atomic mass is 79.9. The van der Waals surface area contributed by atoms with Crippen molar-refractivity contribution in [1.82, 2.24) is 4.90 Å². The van der Waals surface area contributed by atoms with Crippen LogP contribution in [0.5, 0.6) is 11.5 Å². The molecule has 1 atom stereocenters. The highest BCUT2D eigenvalue weighted by Crippen LogP contribution is 2.34. The number of benzene rings is 1. The smallest absolute Gasteiger partial charge is 0.320 e. The van der Waals surface area contributed by atoms with Crippen molar-refractivity contribution in [2.24, 2.45) is 0 Å². The average molecular weight is 358 g/mol. The van der Waals surface area contributed by atoms with Crippen molar-refractivity contribution < 1.29 is 19.4 Å². The van der Waals surface area contributed by atoms with Gasteiger partial charge in [0, 0.05) is 18.2 Å². The second kappa shape index (κ2) is 7.13. The Morgan fingerprint density at radius 3 is 2.67 bits per heavy atom. The van der Waals surface area contributed by atoms with Crippen LogP contribution in [0.1, 0.15) is 24.8 Å². The summed E-state index contributed by atoms with van der Waals surface area (Å²) in [6.45, 7) is 1.35. The molecule has 0 spiro atoms. The lowest BCUT2D eigenvalue weighted by Crippen LogP contribution is -2.44. The van der Waals surface area contributed by atoms with E-state index < -0.39 is 12.0 Å². The van der Waals surface area contributed by atoms with Gasteiger partial charge in [-0.05, 0) is 41.4 Å². The number of aliphatic carboxylic acids is 1. The number of carbonyl (C=O) groups is 1. The lowest BCUT2D eigenvalue weighted by molar-refractivity contribution is -0.144. The van der Waals surface area contributed by atoms with Crippen molar-refractivity contribution in [1.29, 1.82) is 0 Å². The van der Waals surface area contributed by atoms with Crippen molar-refractivity contribution in [3.05, 3.63) is 22.2 Å². The Kier molecular flexibility index (Phi) is 5.47. The maximum atomic E-state index is 11.4. The number of hydrogen-bond donors (Lipinski definition) is 1. The predicted octanol–water partition coefficient (Wildman–Crippen LogP) is 2.91. The van der Waals surface area contributed by atoms with Crippen LogP contribution in [0.3, 0.4) is 0 Å². The van der Waals surface area contributed by atoms with E-state index in [1.54, 1.807) is 14.2 Å². The Morgan fingerprint density at radius 1 is 1.33 bits per heavy atom. The van der Waals surface area contributed by atoms with Crippen molar-refractivity contribution in [2.75, 3.05) is 20.8 Å². The van der Waals surface area contributed by atoms with Gasteiger partial charge in [-0.25, -0.2) is 0 Å². The molecule has 2 rings (SSSR count). The zero-order chi connectivity index (χ0) is 15.4. The summed E-state index contributed by atoms with van der Waals surface area (Å²) in [5, 5.41) is 9.35. The minimum atomic E-state index is -0.749. The van der Waals surface area contributed by atoms with E-state index in [2.05, 4.69) is 15.9 Å². The van der Waals surface area contributed by atoms with Crippen molar-refractivity contribution >= 4 is 21.9 Å². The second-order valence-electron chi connectivity index (χ2n) is 5.12. The van der Waals surface area contributed by atoms with Crippen LogP contribution in [0.15, 0.2) is 16.6 Å². The molecule has 1 fully saturated rings. The van der Waals surface area contributed by atoms with Gasteiger partial charge in [0.1, 0.15) is 17.5 Å². The molecule has 116 valence electrons. The van der Waals surface area contributed by atoms with Crippen molar-refractivity contribution in [3.8, 4) is 11.5 Å². The first kappa shape index (κ1) is 16.1. The Labute approximate surface area is 133 Å². The van der Waals surface area contributed by atoms with Crippen LogP contribution in [0.2, 0.25) is 0 Å². The van der Waals surface area contributed by atoms with Crippen LogP contribution in [0, 0.1) is 0 Å². The fraction of sp³-hybridized carbons (Fsp3) is 0.533. The summed E-state index contributed by atoms with van der Waals surface area (Å²) in [5.41, 5.74) is 0.957. The molecule has 1 aromatic rings. The highest BCUT2D eigenvalue weighted by Gasteiger charge is 2.29. The van der Waals surface area contributed by atoms with Gasteiger partial charge in [-0.2, -0.15) is 0 Å². The largest absolute Gasteiger partial charge is 0.496 e. The second-order valence-corrected chi connectivity index (χ2v) is 5.97. The fourth-order valence-corrected chi connectivity index (χ4v) is 3.28. The summed E-state index contributed by atoms with van der Waals surface area (Å²) in [5.74, 6) is 0.662. The minimum absolute atomic E-state index is 0.413. The van der Waals surface area contributed by atoms with Gasteiger partial charge in [-0.15, -0.1) is 0 Å². The van der Waals surface area contributed by atoms with Gasteiger partial charge in [0.15, 0.2) is 0 Å². The van der Waals surface area contributed by atoms with Crippen LogP contribution in [-0.2, 0) is 11.3 Å². The van der Waals surface area contributed by atoms with Gasteiger partial charge in [0.05, 0.1) is 18.7 Å². The first-order chi connectivity index (χ1) is 10.1. The molecule has 0 saturated carbocycles. The van der Waals surface area contributed by atoms with Gasteiger partial charge in [-0.3, -0.25) is 9.69 Å². The monoisotopic (exact) mass is 357 g/mol. The molecule has 0 bridgehead atoms. The number of carboxylic acids is 1. The van der Waals surface area contributed by atoms with Gasteiger partial charge < -0.3 is 14.6 Å². The van der Waals surface area contributed by atoms with Crippen LogP contribution >= 0.6 is 15.9 Å². The number of nitrogens with zero attached hydrogens (tertiary/aromatic N) is 1. The topological polar surface area (TPSA) is 59.0 Å². The Morgan fingerprint density at radius 2 is 2.05 bits per heavy atom. The lowest BCUT2D eigenvalue weighted by Gasteiger charge is -2.33. The minimum Gasteiger partial charge on any atom is -0.496 e. The quantitative estimate of drug-likeness (QED) is 0.877. The molecular formula is C15H20BrNO4. The molecule has 6 heteroatoms. The van der Waals surface area contributed by atoms with E-state index in [4.69, 9.17) is 9.47 Å². The molecule has 1 saturated heterocycles. The molecule has 1 N–H and O–H groups in total. The fourth-order valence-electron chi connectivity index (χ4n) is 2.72. The van der Waals surface area contributed by atoms with Crippen molar-refractivity contribution in [3.63, 3.8) is 0 Å². The molecule has 1 aliphatic heterocycles. The molecule has 0 aromatic heterocycles. The SMILES string of the molecule is COc1cc(OC)c(CN2CCCCC2C(=O)O)cc1Br. The predicted molar refractivity (Wildman–Crippen MR) is 82.9 cm³/mol. The van der Waals surface area contributed by atoms with Crippen LogP contribution in [0.4, 0.5) is 0 Å². The average Bonchev–Trinajstić information content (AvgIpc) is 2.48. The van der Waals surface area contributed by atoms with Crippen LogP contribution in [-0.4, -0.2) is 42.8 Å². The standard InChI is InChI=1S/C15H20BrNO4/c1-20-13-8-14(21-2)11(16)7-10(13)9-17-6-4-3-5-12(17)15(18)19/h7-8,12H,3-6,9H2,1-2H3,(H,18,19). The van der Waals surface area contributed by atoms with Gasteiger partial charge in [0.2, 0.25) is 0 Å². The molecule has 0 amide bonds. The van der Waals surface area contributed by atoms with Crippen molar-refractivity contribution in [2.45, 2.75) is 31.8 Å². The summed E-state index contributed by atoms with van der Waals surface area (Å²) in [6.07, 6.45) is 2.70. The van der Waals surface area contributed by atoms with Crippen LogP contribution < -0.4 is 9.47 Å². The summed E-state index contributed by atoms with van der Waals surface area (Å²) >= 11 is 3.46. The molecule has 0 aliphatic carbocycles. The highest BCUT2D eigenvalue weighted by molar-refractivity contribution is 9.10. The molecule has 1 aliphatic rings. The Hall–Kier alpha value is -1.27. The first-order valence-corrected chi connectivity index (χ1v) is 7.73. The zero-order valence-electron chi connectivity index (χ0n) is 12.3. The number of piperidine rings is 1. The Balaban J connectivity index is 2.25. The van der Waals surface area contributed by atoms with E-state index in [0.29, 0.717) is 24.5 Å². The van der Waals surface area contributed by atoms with E-state index >= 15 is 0 Å². The number of ether oxygens (including phenoxy) is 2. The number of halogens is 1. The van der Waals surface area contributed by atoms with E-state index in [-0.39, 0.29) is 0 Å². The molecule has 0 radical (unpaired) electrons. The summed E-state index contributed by atoms with van der Waals surface area (Å²) in [6, 6.07) is 3.34. The molecule has 1 unspecified atom stereocenters. The maximum absolute atomic E-state index is 11.4. The van der Waals surface area contributed by atoms with E-state index in [1.807, 2.05) is 17.0 Å². The third-order valence-electron chi connectivity index (χ3n) is 3.83. The summed E-state index contributed by atoms with van der Waals surface area (Å²) < 4.78 is 11.5. The molecule has 5 nitrogen and oxygen atoms in total. The third-order valence-corrected chi connectivity index (χ3v) is 4.45. The maximum Gasteiger partial charge on any atom is 0.320 e. The summed E-state index contributed by atoms with van der Waals surface area (Å²) in [7, 11) is 3.21. The number of rotatable bonds is 5. The van der Waals surface area contributed by atoms with Gasteiger partial charge >= 0.3 is 5.97 Å². The third kappa shape index (κ3) is 3.68. The molecule has 1 aromatic carbocycles. The van der Waals surface area contributed by atoms with Crippen LogP contribution in [0.25, 0.3) is 0 Å².